The van der Waals surface area contributed by atoms with E-state index in [2.05, 4.69) is 35.7 Å². The lowest BCUT2D eigenvalue weighted by Gasteiger charge is -2.19. The minimum Gasteiger partial charge on any atom is -0.467 e. The van der Waals surface area contributed by atoms with E-state index in [1.165, 1.54) is 0 Å². The lowest BCUT2D eigenvalue weighted by molar-refractivity contribution is 0.0216. The van der Waals surface area contributed by atoms with Crippen LogP contribution in [0.2, 0.25) is 25.7 Å². The van der Waals surface area contributed by atoms with E-state index in [-0.39, 0.29) is 24.1 Å². The molecule has 1 aromatic heterocycles. The smallest absolute Gasteiger partial charge is 0.380 e. The molecule has 2 aromatic carbocycles. The third-order valence-corrected chi connectivity index (χ3v) is 7.31. The monoisotopic (exact) mass is 533 g/mol. The largest absolute Gasteiger partial charge is 0.467 e. The molecule has 0 radical (unpaired) electrons. The fourth-order valence-corrected chi connectivity index (χ4v) is 4.38. The Bertz CT molecular complexity index is 1340. The first-order valence-corrected chi connectivity index (χ1v) is 16.0. The van der Waals surface area contributed by atoms with Gasteiger partial charge in [0.2, 0.25) is 5.82 Å². The van der Waals surface area contributed by atoms with E-state index in [1.54, 1.807) is 40.1 Å². The van der Waals surface area contributed by atoms with Crippen molar-refractivity contribution in [2.45, 2.75) is 39.5 Å². The minimum absolute atomic E-state index is 0.00270. The molecule has 0 unspecified atom stereocenters. The number of benzene rings is 2. The number of imidazole rings is 1. The molecule has 0 N–H and O–H groups in total. The summed E-state index contributed by atoms with van der Waals surface area (Å²) >= 11 is 0. The van der Waals surface area contributed by atoms with Gasteiger partial charge in [0, 0.05) is 34.3 Å². The summed E-state index contributed by atoms with van der Waals surface area (Å²) in [5.41, 5.74) is 2.22. The third kappa shape index (κ3) is 7.31. The number of hydrogen-bond donors (Lipinski definition) is 0. The second-order valence-electron chi connectivity index (χ2n) is 10.3. The van der Waals surface area contributed by atoms with Crippen molar-refractivity contribution in [3.63, 3.8) is 0 Å². The predicted octanol–water partition coefficient (Wildman–Crippen LogP) is 5.49. The first-order chi connectivity index (χ1) is 18.0. The van der Waals surface area contributed by atoms with Crippen LogP contribution in [0.3, 0.4) is 0 Å². The fourth-order valence-electron chi connectivity index (χ4n) is 3.63. The maximum atomic E-state index is 13.3. The van der Waals surface area contributed by atoms with Gasteiger partial charge >= 0.3 is 5.97 Å². The zero-order chi connectivity index (χ0) is 27.9. The van der Waals surface area contributed by atoms with E-state index in [4.69, 9.17) is 14.2 Å². The Morgan fingerprint density at radius 2 is 1.87 bits per heavy atom. The zero-order valence-electron chi connectivity index (χ0n) is 23.1. The molecule has 0 bridgehead atoms. The van der Waals surface area contributed by atoms with Gasteiger partial charge in [0.15, 0.2) is 18.3 Å². The van der Waals surface area contributed by atoms with Gasteiger partial charge in [-0.1, -0.05) is 43.9 Å². The molecule has 38 heavy (non-hydrogen) atoms. The van der Waals surface area contributed by atoms with Gasteiger partial charge in [-0.05, 0) is 43.7 Å². The summed E-state index contributed by atoms with van der Waals surface area (Å²) in [6.07, 6.45) is 1.55. The number of nitriles is 1. The molecule has 3 aromatic rings. The van der Waals surface area contributed by atoms with Crippen LogP contribution in [0.15, 0.2) is 47.5 Å². The Balaban J connectivity index is 2.06. The van der Waals surface area contributed by atoms with Crippen LogP contribution >= 0.6 is 0 Å². The van der Waals surface area contributed by atoms with Crippen LogP contribution < -0.4 is 9.47 Å². The molecule has 0 fully saturated rings. The second-order valence-corrected chi connectivity index (χ2v) is 15.9. The van der Waals surface area contributed by atoms with Crippen molar-refractivity contribution in [2.75, 3.05) is 27.5 Å². The van der Waals surface area contributed by atoms with Gasteiger partial charge in [0.1, 0.15) is 17.6 Å². The number of carbonyl (C=O) groups is 1. The van der Waals surface area contributed by atoms with Crippen LogP contribution in [-0.2, 0) is 4.74 Å². The Morgan fingerprint density at radius 1 is 1.16 bits per heavy atom. The van der Waals surface area contributed by atoms with Gasteiger partial charge in [0.05, 0.1) is 12.0 Å². The summed E-state index contributed by atoms with van der Waals surface area (Å²) in [6, 6.07) is 15.6. The molecule has 0 aliphatic heterocycles. The molecule has 0 atom stereocenters. The van der Waals surface area contributed by atoms with Crippen molar-refractivity contribution < 1.29 is 19.0 Å². The van der Waals surface area contributed by atoms with E-state index >= 15 is 0 Å². The standard InChI is InChI=1S/C28H35N5O4Si/c1-20-13-14-24(36-19-35-15-16-38(5,6)7)21(2)25(20)33-26(30-18-32(3)4)23(17-29)31-27(33)28(34)37-22-11-9-8-10-12-22/h8-14,18H,15-16,19H2,1-7H3/b30-18+. The molecule has 1 heterocycles. The first kappa shape index (κ1) is 28.6. The number of nitrogens with zero attached hydrogens (tertiary/aromatic N) is 5. The van der Waals surface area contributed by atoms with Crippen molar-refractivity contribution in [3.8, 4) is 23.3 Å². The molecular weight excluding hydrogens is 498 g/mol. The summed E-state index contributed by atoms with van der Waals surface area (Å²) in [5, 5.41) is 9.85. The molecule has 0 saturated heterocycles. The number of aromatic nitrogens is 2. The Hall–Kier alpha value is -3.94. The van der Waals surface area contributed by atoms with Crippen LogP contribution in [0, 0.1) is 25.2 Å². The summed E-state index contributed by atoms with van der Waals surface area (Å²) in [6.45, 7) is 11.4. The quantitative estimate of drug-likeness (QED) is 0.0610. The molecule has 3 rings (SSSR count). The van der Waals surface area contributed by atoms with Crippen LogP contribution in [0.5, 0.6) is 11.5 Å². The minimum atomic E-state index is -1.20. The number of rotatable bonds is 11. The number of para-hydroxylation sites is 1. The van der Waals surface area contributed by atoms with Crippen molar-refractivity contribution in [1.82, 2.24) is 14.5 Å². The zero-order valence-corrected chi connectivity index (χ0v) is 24.1. The normalized spacial score (nSPS) is 11.4. The molecule has 0 aliphatic rings. The van der Waals surface area contributed by atoms with E-state index in [0.29, 0.717) is 23.8 Å². The van der Waals surface area contributed by atoms with Crippen molar-refractivity contribution in [1.29, 1.82) is 5.26 Å². The molecule has 9 nitrogen and oxygen atoms in total. The summed E-state index contributed by atoms with van der Waals surface area (Å²) in [4.78, 5) is 23.9. The lowest BCUT2D eigenvalue weighted by atomic mass is 10.1. The molecule has 0 aliphatic carbocycles. The highest BCUT2D eigenvalue weighted by atomic mass is 28.3. The van der Waals surface area contributed by atoms with Crippen LogP contribution in [0.4, 0.5) is 5.82 Å². The third-order valence-electron chi connectivity index (χ3n) is 5.61. The lowest BCUT2D eigenvalue weighted by Crippen LogP contribution is -2.22. The Labute approximate surface area is 225 Å². The summed E-state index contributed by atoms with van der Waals surface area (Å²) in [5.74, 6) is 0.404. The van der Waals surface area contributed by atoms with Gasteiger partial charge in [-0.25, -0.2) is 14.8 Å². The number of carbonyl (C=O) groups excluding carboxylic acids is 1. The predicted molar refractivity (Wildman–Crippen MR) is 151 cm³/mol. The second kappa shape index (κ2) is 12.5. The maximum absolute atomic E-state index is 13.3. The first-order valence-electron chi connectivity index (χ1n) is 12.3. The van der Waals surface area contributed by atoms with Gasteiger partial charge in [-0.3, -0.25) is 4.57 Å². The highest BCUT2D eigenvalue weighted by Gasteiger charge is 2.27. The molecular formula is C28H35N5O4Si. The highest BCUT2D eigenvalue weighted by molar-refractivity contribution is 6.76. The Kier molecular flexibility index (Phi) is 9.44. The van der Waals surface area contributed by atoms with Gasteiger partial charge in [-0.15, -0.1) is 0 Å². The SMILES string of the molecule is Cc1ccc(OCOCC[Si](C)(C)C)c(C)c1-n1c(C(=O)Oc2ccccc2)nc(C#N)c1/N=C/N(C)C. The number of ether oxygens (including phenoxy) is 3. The molecule has 0 saturated carbocycles. The topological polar surface area (TPSA) is 102 Å². The number of aliphatic imine (C=N–C) groups is 1. The van der Waals surface area contributed by atoms with Crippen molar-refractivity contribution >= 4 is 26.2 Å². The van der Waals surface area contributed by atoms with Crippen LogP contribution in [0.25, 0.3) is 5.69 Å². The average molecular weight is 534 g/mol. The van der Waals surface area contributed by atoms with Crippen molar-refractivity contribution in [2.24, 2.45) is 4.99 Å². The fraction of sp³-hybridized carbons (Fsp3) is 0.357. The van der Waals surface area contributed by atoms with Gasteiger partial charge < -0.3 is 19.1 Å². The molecule has 10 heteroatoms. The number of esters is 1. The average Bonchev–Trinajstić information content (AvgIpc) is 3.22. The van der Waals surface area contributed by atoms with Crippen LogP contribution in [-0.4, -0.2) is 62.3 Å². The van der Waals surface area contributed by atoms with E-state index in [1.807, 2.05) is 46.1 Å². The van der Waals surface area contributed by atoms with Crippen LogP contribution in [0.1, 0.15) is 27.4 Å². The van der Waals surface area contributed by atoms with Gasteiger partial charge in [0.25, 0.3) is 0 Å². The summed E-state index contributed by atoms with van der Waals surface area (Å²) < 4.78 is 18.8. The Morgan fingerprint density at radius 3 is 2.50 bits per heavy atom. The van der Waals surface area contributed by atoms with E-state index in [9.17, 15) is 10.1 Å². The highest BCUT2D eigenvalue weighted by Crippen LogP contribution is 2.34. The molecule has 0 spiro atoms. The molecule has 200 valence electrons. The summed E-state index contributed by atoms with van der Waals surface area (Å²) in [7, 11) is 2.42. The van der Waals surface area contributed by atoms with E-state index < -0.39 is 14.0 Å². The number of aryl methyl sites for hydroxylation is 1. The number of hydrogen-bond acceptors (Lipinski definition) is 7. The molecule has 0 amide bonds. The van der Waals surface area contributed by atoms with Gasteiger partial charge in [-0.2, -0.15) is 5.26 Å². The van der Waals surface area contributed by atoms with Crippen molar-refractivity contribution in [3.05, 3.63) is 65.1 Å². The maximum Gasteiger partial charge on any atom is 0.380 e. The van der Waals surface area contributed by atoms with E-state index in [0.717, 1.165) is 17.2 Å².